The average Bonchev–Trinajstić information content (AvgIpc) is 2.71. The molecule has 0 unspecified atom stereocenters. The van der Waals surface area contributed by atoms with Crippen LogP contribution in [0.15, 0.2) is 36.5 Å². The fourth-order valence-corrected chi connectivity index (χ4v) is 2.49. The molecule has 1 amide bonds. The van der Waals surface area contributed by atoms with E-state index in [2.05, 4.69) is 4.98 Å². The molecule has 0 fully saturated rings. The lowest BCUT2D eigenvalue weighted by Gasteiger charge is -2.21. The minimum atomic E-state index is -0.619. The molecule has 0 aliphatic carbocycles. The molecule has 3 rings (SSSR count). The van der Waals surface area contributed by atoms with E-state index in [4.69, 9.17) is 18.9 Å². The summed E-state index contributed by atoms with van der Waals surface area (Å²) in [4.78, 5) is 29.6. The van der Waals surface area contributed by atoms with E-state index >= 15 is 0 Å². The normalized spacial score (nSPS) is 12.2. The number of methoxy groups -OCH3 is 1. The second-order valence-electron chi connectivity index (χ2n) is 5.89. The minimum Gasteiger partial charge on any atom is -0.486 e. The van der Waals surface area contributed by atoms with E-state index in [1.807, 2.05) is 18.2 Å². The Bertz CT molecular complexity index is 821. The molecule has 2 heterocycles. The molecule has 1 aromatic carbocycles. The van der Waals surface area contributed by atoms with Gasteiger partial charge in [0.05, 0.1) is 12.7 Å². The average molecular weight is 372 g/mol. The molecule has 0 atom stereocenters. The molecular weight excluding hydrogens is 352 g/mol. The van der Waals surface area contributed by atoms with E-state index in [0.29, 0.717) is 37.1 Å². The zero-order valence-electron chi connectivity index (χ0n) is 15.1. The molecule has 0 spiro atoms. The van der Waals surface area contributed by atoms with Crippen molar-refractivity contribution in [2.45, 2.75) is 6.54 Å². The van der Waals surface area contributed by atoms with Crippen LogP contribution in [0.1, 0.15) is 15.9 Å². The number of hydrogen-bond acceptors (Lipinski definition) is 7. The van der Waals surface area contributed by atoms with Crippen LogP contribution in [0.4, 0.5) is 0 Å². The van der Waals surface area contributed by atoms with E-state index < -0.39 is 5.97 Å². The van der Waals surface area contributed by atoms with E-state index in [-0.39, 0.29) is 18.1 Å². The fraction of sp³-hybridized carbons (Fsp3) is 0.316. The number of nitrogens with zero attached hydrogens (tertiary/aromatic N) is 2. The first kappa shape index (κ1) is 18.5. The Balaban J connectivity index is 1.52. The number of fused-ring (bicyclic) bond motifs is 1. The van der Waals surface area contributed by atoms with Gasteiger partial charge >= 0.3 is 5.97 Å². The monoisotopic (exact) mass is 372 g/mol. The van der Waals surface area contributed by atoms with Gasteiger partial charge in [-0.05, 0) is 23.8 Å². The number of rotatable bonds is 6. The summed E-state index contributed by atoms with van der Waals surface area (Å²) in [6, 6.07) is 8.60. The molecule has 1 aliphatic heterocycles. The third kappa shape index (κ3) is 4.66. The zero-order chi connectivity index (χ0) is 19.2. The summed E-state index contributed by atoms with van der Waals surface area (Å²) in [6.45, 7) is 1.03. The Morgan fingerprint density at radius 1 is 1.15 bits per heavy atom. The maximum absolute atomic E-state index is 12.2. The SMILES string of the molecule is COc1ccc(C(=O)OCC(=O)N(C)Cc2ccc3c(c2)OCCO3)cn1. The first-order valence-electron chi connectivity index (χ1n) is 8.36. The highest BCUT2D eigenvalue weighted by molar-refractivity contribution is 5.91. The molecule has 0 bridgehead atoms. The Kier molecular flexibility index (Phi) is 5.75. The number of ether oxygens (including phenoxy) is 4. The van der Waals surface area contributed by atoms with E-state index in [1.54, 1.807) is 13.1 Å². The summed E-state index contributed by atoms with van der Waals surface area (Å²) in [7, 11) is 3.12. The van der Waals surface area contributed by atoms with Gasteiger partial charge in [-0.1, -0.05) is 6.07 Å². The number of hydrogen-bond donors (Lipinski definition) is 0. The molecule has 0 radical (unpaired) electrons. The number of pyridine rings is 1. The minimum absolute atomic E-state index is 0.248. The lowest BCUT2D eigenvalue weighted by molar-refractivity contribution is -0.133. The lowest BCUT2D eigenvalue weighted by Crippen LogP contribution is -2.31. The Labute approximate surface area is 156 Å². The molecule has 1 aromatic heterocycles. The van der Waals surface area contributed by atoms with E-state index in [0.717, 1.165) is 5.56 Å². The lowest BCUT2D eigenvalue weighted by atomic mass is 10.2. The third-order valence-corrected chi connectivity index (χ3v) is 3.96. The number of esters is 1. The molecule has 1 aliphatic rings. The summed E-state index contributed by atoms with van der Waals surface area (Å²) in [5.74, 6) is 0.812. The smallest absolute Gasteiger partial charge is 0.340 e. The predicted octanol–water partition coefficient (Wildman–Crippen LogP) is 1.68. The standard InChI is InChI=1S/C19H20N2O6/c1-21(11-13-3-5-15-16(9-13)26-8-7-25-15)18(22)12-27-19(23)14-4-6-17(24-2)20-10-14/h3-6,9-10H,7-8,11-12H2,1-2H3. The molecule has 8 nitrogen and oxygen atoms in total. The van der Waals surface area contributed by atoms with Crippen molar-refractivity contribution in [3.8, 4) is 17.4 Å². The fourth-order valence-electron chi connectivity index (χ4n) is 2.49. The predicted molar refractivity (Wildman–Crippen MR) is 95.0 cm³/mol. The van der Waals surface area contributed by atoms with Gasteiger partial charge in [0.2, 0.25) is 5.88 Å². The van der Waals surface area contributed by atoms with Gasteiger partial charge in [0.25, 0.3) is 5.91 Å². The Hall–Kier alpha value is -3.29. The molecule has 0 saturated heterocycles. The number of aromatic nitrogens is 1. The first-order valence-corrected chi connectivity index (χ1v) is 8.36. The number of carbonyl (C=O) groups excluding carboxylic acids is 2. The maximum atomic E-state index is 12.2. The van der Waals surface area contributed by atoms with Crippen LogP contribution in [-0.2, 0) is 16.1 Å². The Morgan fingerprint density at radius 2 is 1.93 bits per heavy atom. The summed E-state index contributed by atoms with van der Waals surface area (Å²) >= 11 is 0. The number of likely N-dealkylation sites (N-methyl/N-ethyl adjacent to an activating group) is 1. The van der Waals surface area contributed by atoms with Gasteiger partial charge in [0.1, 0.15) is 13.2 Å². The van der Waals surface area contributed by atoms with Gasteiger partial charge in [0.15, 0.2) is 18.1 Å². The van der Waals surface area contributed by atoms with Gasteiger partial charge in [0, 0.05) is 25.9 Å². The van der Waals surface area contributed by atoms with Crippen molar-refractivity contribution in [2.75, 3.05) is 34.0 Å². The summed E-state index contributed by atoms with van der Waals surface area (Å²) in [5, 5.41) is 0. The van der Waals surface area contributed by atoms with Crippen LogP contribution < -0.4 is 14.2 Å². The van der Waals surface area contributed by atoms with Gasteiger partial charge in [-0.25, -0.2) is 9.78 Å². The highest BCUT2D eigenvalue weighted by Crippen LogP contribution is 2.31. The quantitative estimate of drug-likeness (QED) is 0.713. The van der Waals surface area contributed by atoms with Crippen LogP contribution >= 0.6 is 0 Å². The van der Waals surface area contributed by atoms with Crippen LogP contribution in [0, 0.1) is 0 Å². The van der Waals surface area contributed by atoms with Gasteiger partial charge < -0.3 is 23.8 Å². The van der Waals surface area contributed by atoms with Crippen molar-refractivity contribution < 1.29 is 28.5 Å². The molecule has 0 saturated carbocycles. The molecule has 2 aromatic rings. The van der Waals surface area contributed by atoms with Crippen molar-refractivity contribution >= 4 is 11.9 Å². The molecular formula is C19H20N2O6. The molecule has 0 N–H and O–H groups in total. The van der Waals surface area contributed by atoms with Crippen LogP contribution in [0.5, 0.6) is 17.4 Å². The second-order valence-corrected chi connectivity index (χ2v) is 5.89. The first-order chi connectivity index (χ1) is 13.1. The van der Waals surface area contributed by atoms with Crippen LogP contribution in [-0.4, -0.2) is 55.7 Å². The third-order valence-electron chi connectivity index (χ3n) is 3.96. The van der Waals surface area contributed by atoms with Crippen LogP contribution in [0.3, 0.4) is 0 Å². The van der Waals surface area contributed by atoms with Crippen LogP contribution in [0.25, 0.3) is 0 Å². The maximum Gasteiger partial charge on any atom is 0.340 e. The van der Waals surface area contributed by atoms with Crippen molar-refractivity contribution in [1.82, 2.24) is 9.88 Å². The summed E-state index contributed by atoms with van der Waals surface area (Å²) < 4.78 is 21.0. The molecule has 8 heteroatoms. The Morgan fingerprint density at radius 3 is 2.63 bits per heavy atom. The summed E-state index contributed by atoms with van der Waals surface area (Å²) in [5.41, 5.74) is 1.14. The van der Waals surface area contributed by atoms with Gasteiger partial charge in [-0.2, -0.15) is 0 Å². The molecule has 142 valence electrons. The topological polar surface area (TPSA) is 87.2 Å². The zero-order valence-corrected chi connectivity index (χ0v) is 15.1. The van der Waals surface area contributed by atoms with E-state index in [1.165, 1.54) is 24.3 Å². The highest BCUT2D eigenvalue weighted by Gasteiger charge is 2.16. The summed E-state index contributed by atoms with van der Waals surface area (Å²) in [6.07, 6.45) is 1.34. The van der Waals surface area contributed by atoms with E-state index in [9.17, 15) is 9.59 Å². The van der Waals surface area contributed by atoms with Crippen molar-refractivity contribution in [3.05, 3.63) is 47.7 Å². The highest BCUT2D eigenvalue weighted by atomic mass is 16.6. The molecule has 27 heavy (non-hydrogen) atoms. The van der Waals surface area contributed by atoms with Crippen molar-refractivity contribution in [2.24, 2.45) is 0 Å². The van der Waals surface area contributed by atoms with Crippen molar-refractivity contribution in [1.29, 1.82) is 0 Å². The number of amides is 1. The van der Waals surface area contributed by atoms with Gasteiger partial charge in [-0.3, -0.25) is 4.79 Å². The number of carbonyl (C=O) groups is 2. The van der Waals surface area contributed by atoms with Gasteiger partial charge in [-0.15, -0.1) is 0 Å². The number of benzene rings is 1. The van der Waals surface area contributed by atoms with Crippen molar-refractivity contribution in [3.63, 3.8) is 0 Å². The second kappa shape index (κ2) is 8.39. The largest absolute Gasteiger partial charge is 0.486 e. The van der Waals surface area contributed by atoms with Crippen LogP contribution in [0.2, 0.25) is 0 Å².